The highest BCUT2D eigenvalue weighted by Crippen LogP contribution is 2.31. The molecule has 0 bridgehead atoms. The van der Waals surface area contributed by atoms with Crippen LogP contribution in [-0.4, -0.2) is 74.4 Å². The summed E-state index contributed by atoms with van der Waals surface area (Å²) in [6.45, 7) is 3.80. The van der Waals surface area contributed by atoms with Gasteiger partial charge in [-0.2, -0.15) is 0 Å². The SMILES string of the molecule is O=C(OCc1ccc(COC(=O)c2ccc(N3CCOCC3)c([N+](=O)[O-])c2)cc1)c1ccc(N2CCOCC2)c([N+](=O)[O-])c1. The van der Waals surface area contributed by atoms with Crippen LogP contribution in [0.15, 0.2) is 60.7 Å². The van der Waals surface area contributed by atoms with Gasteiger partial charge in [-0.3, -0.25) is 20.2 Å². The number of carbonyl (C=O) groups excluding carboxylic acids is 2. The van der Waals surface area contributed by atoms with E-state index in [-0.39, 0.29) is 35.7 Å². The average Bonchev–Trinajstić information content (AvgIpc) is 3.06. The van der Waals surface area contributed by atoms with E-state index in [2.05, 4.69) is 0 Å². The molecule has 0 amide bonds. The zero-order valence-electron chi connectivity index (χ0n) is 23.7. The summed E-state index contributed by atoms with van der Waals surface area (Å²) in [7, 11) is 0. The Morgan fingerprint density at radius 1 is 0.636 bits per heavy atom. The van der Waals surface area contributed by atoms with Gasteiger partial charge in [-0.25, -0.2) is 9.59 Å². The standard InChI is InChI=1S/C30H30N4O10/c35-29(23-5-7-25(27(17-23)33(37)38)31-9-13-41-14-10-31)43-19-21-1-2-22(4-3-21)20-44-30(36)24-6-8-26(28(18-24)34(39)40)32-11-15-42-16-12-32/h1-8,17-18H,9-16,19-20H2. The number of benzene rings is 3. The molecule has 2 saturated heterocycles. The fourth-order valence-electron chi connectivity index (χ4n) is 4.93. The second-order valence-electron chi connectivity index (χ2n) is 10.1. The number of nitrogens with zero attached hydrogens (tertiary/aromatic N) is 4. The maximum absolute atomic E-state index is 12.7. The molecule has 5 rings (SSSR count). The summed E-state index contributed by atoms with van der Waals surface area (Å²) in [6, 6.07) is 15.3. The molecule has 3 aromatic rings. The first-order valence-electron chi connectivity index (χ1n) is 13.9. The molecule has 2 aliphatic rings. The molecular formula is C30H30N4O10. The van der Waals surface area contributed by atoms with Crippen LogP contribution in [0.5, 0.6) is 0 Å². The molecule has 0 N–H and O–H groups in total. The maximum Gasteiger partial charge on any atom is 0.338 e. The summed E-state index contributed by atoms with van der Waals surface area (Å²) in [4.78, 5) is 51.3. The second-order valence-corrected chi connectivity index (χ2v) is 10.1. The number of morpholine rings is 2. The highest BCUT2D eigenvalue weighted by atomic mass is 16.6. The number of hydrogen-bond acceptors (Lipinski definition) is 12. The van der Waals surface area contributed by atoms with Crippen molar-refractivity contribution >= 4 is 34.7 Å². The van der Waals surface area contributed by atoms with E-state index in [0.29, 0.717) is 75.1 Å². The first kappa shape index (κ1) is 30.4. The third-order valence-corrected chi connectivity index (χ3v) is 7.28. The van der Waals surface area contributed by atoms with Gasteiger partial charge < -0.3 is 28.7 Å². The lowest BCUT2D eigenvalue weighted by atomic mass is 10.1. The average molecular weight is 607 g/mol. The Kier molecular flexibility index (Phi) is 9.62. The second kappa shape index (κ2) is 13.9. The van der Waals surface area contributed by atoms with E-state index >= 15 is 0 Å². The molecule has 2 heterocycles. The summed E-state index contributed by atoms with van der Waals surface area (Å²) >= 11 is 0. The third kappa shape index (κ3) is 7.27. The van der Waals surface area contributed by atoms with Gasteiger partial charge >= 0.3 is 11.9 Å². The van der Waals surface area contributed by atoms with E-state index < -0.39 is 21.8 Å². The Labute approximate surface area is 252 Å². The molecular weight excluding hydrogens is 576 g/mol. The maximum atomic E-state index is 12.7. The molecule has 2 aliphatic heterocycles. The van der Waals surface area contributed by atoms with Gasteiger partial charge in [0.2, 0.25) is 0 Å². The predicted octanol–water partition coefficient (Wildman–Crippen LogP) is 3.89. The monoisotopic (exact) mass is 606 g/mol. The molecule has 230 valence electrons. The van der Waals surface area contributed by atoms with Crippen LogP contribution in [0.1, 0.15) is 31.8 Å². The van der Waals surface area contributed by atoms with Crippen molar-refractivity contribution in [2.24, 2.45) is 0 Å². The number of nitro benzene ring substituents is 2. The molecule has 0 atom stereocenters. The van der Waals surface area contributed by atoms with Gasteiger partial charge in [0, 0.05) is 38.3 Å². The van der Waals surface area contributed by atoms with Crippen LogP contribution in [-0.2, 0) is 32.2 Å². The molecule has 2 fully saturated rings. The van der Waals surface area contributed by atoms with Crippen LogP contribution in [0.25, 0.3) is 0 Å². The number of anilines is 2. The van der Waals surface area contributed by atoms with Crippen LogP contribution >= 0.6 is 0 Å². The van der Waals surface area contributed by atoms with Gasteiger partial charge in [-0.05, 0) is 35.4 Å². The molecule has 44 heavy (non-hydrogen) atoms. The van der Waals surface area contributed by atoms with Crippen molar-refractivity contribution in [3.8, 4) is 0 Å². The third-order valence-electron chi connectivity index (χ3n) is 7.28. The van der Waals surface area contributed by atoms with E-state index in [1.54, 1.807) is 36.4 Å². The van der Waals surface area contributed by atoms with Crippen molar-refractivity contribution in [2.45, 2.75) is 13.2 Å². The van der Waals surface area contributed by atoms with Crippen molar-refractivity contribution in [3.05, 3.63) is 103 Å². The Bertz CT molecular complexity index is 1420. The summed E-state index contributed by atoms with van der Waals surface area (Å²) in [5, 5.41) is 23.3. The minimum atomic E-state index is -0.701. The quantitative estimate of drug-likeness (QED) is 0.186. The van der Waals surface area contributed by atoms with Crippen LogP contribution in [0.4, 0.5) is 22.7 Å². The smallest absolute Gasteiger partial charge is 0.338 e. The minimum absolute atomic E-state index is 0.0652. The lowest BCUT2D eigenvalue weighted by molar-refractivity contribution is -0.384. The van der Waals surface area contributed by atoms with Crippen LogP contribution in [0, 0.1) is 20.2 Å². The molecule has 14 nitrogen and oxygen atoms in total. The van der Waals surface area contributed by atoms with Crippen LogP contribution in [0.3, 0.4) is 0 Å². The molecule has 0 spiro atoms. The fourth-order valence-corrected chi connectivity index (χ4v) is 4.93. The van der Waals surface area contributed by atoms with Crippen molar-refractivity contribution in [2.75, 3.05) is 62.4 Å². The number of nitro groups is 2. The van der Waals surface area contributed by atoms with Gasteiger partial charge in [-0.15, -0.1) is 0 Å². The number of rotatable bonds is 10. The van der Waals surface area contributed by atoms with E-state index in [1.165, 1.54) is 24.3 Å². The van der Waals surface area contributed by atoms with E-state index in [4.69, 9.17) is 18.9 Å². The highest BCUT2D eigenvalue weighted by molar-refractivity contribution is 5.92. The van der Waals surface area contributed by atoms with E-state index in [9.17, 15) is 29.8 Å². The van der Waals surface area contributed by atoms with Crippen LogP contribution < -0.4 is 9.80 Å². The largest absolute Gasteiger partial charge is 0.457 e. The summed E-state index contributed by atoms with van der Waals surface area (Å²) in [5.74, 6) is -1.40. The van der Waals surface area contributed by atoms with Crippen molar-refractivity contribution < 1.29 is 38.4 Å². The van der Waals surface area contributed by atoms with Gasteiger partial charge in [0.25, 0.3) is 11.4 Å². The molecule has 0 aliphatic carbocycles. The summed E-state index contributed by atoms with van der Waals surface area (Å²) in [5.41, 5.74) is 1.94. The number of hydrogen-bond donors (Lipinski definition) is 0. The predicted molar refractivity (Wildman–Crippen MR) is 157 cm³/mol. The van der Waals surface area contributed by atoms with Crippen molar-refractivity contribution in [1.29, 1.82) is 0 Å². The van der Waals surface area contributed by atoms with E-state index in [1.807, 2.05) is 9.80 Å². The normalized spacial score (nSPS) is 15.0. The highest BCUT2D eigenvalue weighted by Gasteiger charge is 2.25. The Morgan fingerprint density at radius 3 is 1.34 bits per heavy atom. The van der Waals surface area contributed by atoms with Crippen molar-refractivity contribution in [3.63, 3.8) is 0 Å². The number of carbonyl (C=O) groups is 2. The minimum Gasteiger partial charge on any atom is -0.457 e. The molecule has 0 aromatic heterocycles. The molecule has 0 radical (unpaired) electrons. The summed E-state index contributed by atoms with van der Waals surface area (Å²) in [6.07, 6.45) is 0. The van der Waals surface area contributed by atoms with Crippen molar-refractivity contribution in [1.82, 2.24) is 0 Å². The van der Waals surface area contributed by atoms with Gasteiger partial charge in [-0.1, -0.05) is 24.3 Å². The lowest BCUT2D eigenvalue weighted by Gasteiger charge is -2.28. The fraction of sp³-hybridized carbons (Fsp3) is 0.333. The lowest BCUT2D eigenvalue weighted by Crippen LogP contribution is -2.36. The van der Waals surface area contributed by atoms with Gasteiger partial charge in [0.05, 0.1) is 47.4 Å². The molecule has 0 saturated carbocycles. The number of esters is 2. The first-order chi connectivity index (χ1) is 21.3. The van der Waals surface area contributed by atoms with E-state index in [0.717, 1.165) is 0 Å². The zero-order chi connectivity index (χ0) is 31.1. The zero-order valence-corrected chi connectivity index (χ0v) is 23.7. The first-order valence-corrected chi connectivity index (χ1v) is 13.9. The summed E-state index contributed by atoms with van der Waals surface area (Å²) < 4.78 is 21.4. The van der Waals surface area contributed by atoms with Gasteiger partial charge in [0.15, 0.2) is 0 Å². The van der Waals surface area contributed by atoms with Gasteiger partial charge in [0.1, 0.15) is 24.6 Å². The topological polar surface area (TPSA) is 164 Å². The Morgan fingerprint density at radius 2 is 1.00 bits per heavy atom. The van der Waals surface area contributed by atoms with Crippen LogP contribution in [0.2, 0.25) is 0 Å². The molecule has 14 heteroatoms. The molecule has 3 aromatic carbocycles. The number of ether oxygens (including phenoxy) is 4. The Hall–Kier alpha value is -5.08. The molecule has 0 unspecified atom stereocenters. The Balaban J connectivity index is 1.15.